The molecule has 3 heterocycles. The molecule has 1 aromatic carbocycles. The largest absolute Gasteiger partial charge is 0.492 e. The summed E-state index contributed by atoms with van der Waals surface area (Å²) in [6, 6.07) is 9.11. The quantitative estimate of drug-likeness (QED) is 0.538. The highest BCUT2D eigenvalue weighted by molar-refractivity contribution is 6.32. The van der Waals surface area contributed by atoms with Crippen LogP contribution in [0.4, 0.5) is 5.95 Å². The van der Waals surface area contributed by atoms with E-state index in [9.17, 15) is 4.79 Å². The molecule has 0 saturated heterocycles. The van der Waals surface area contributed by atoms with Gasteiger partial charge in [-0.2, -0.15) is 10.1 Å². The average Bonchev–Trinajstić information content (AvgIpc) is 3.23. The zero-order valence-electron chi connectivity index (χ0n) is 15.6. The minimum Gasteiger partial charge on any atom is -0.492 e. The van der Waals surface area contributed by atoms with Crippen LogP contribution in [0.5, 0.6) is 5.75 Å². The fraction of sp³-hybridized carbons (Fsp3) is 0.158. The van der Waals surface area contributed by atoms with Gasteiger partial charge in [0.25, 0.3) is 0 Å². The van der Waals surface area contributed by atoms with Gasteiger partial charge in [0.2, 0.25) is 11.9 Å². The van der Waals surface area contributed by atoms with E-state index in [1.54, 1.807) is 12.1 Å². The van der Waals surface area contributed by atoms with Gasteiger partial charge in [0, 0.05) is 12.5 Å². The molecular weight excluding hydrogens is 394 g/mol. The predicted molar refractivity (Wildman–Crippen MR) is 108 cm³/mol. The third kappa shape index (κ3) is 3.85. The number of pyridine rings is 1. The molecule has 3 aromatic heterocycles. The summed E-state index contributed by atoms with van der Waals surface area (Å²) in [5.74, 6) is 0.900. The molecule has 9 nitrogen and oxygen atoms in total. The van der Waals surface area contributed by atoms with E-state index in [-0.39, 0.29) is 11.9 Å². The van der Waals surface area contributed by atoms with Gasteiger partial charge in [-0.1, -0.05) is 11.6 Å². The van der Waals surface area contributed by atoms with E-state index >= 15 is 0 Å². The molecule has 1 N–H and O–H groups in total. The highest BCUT2D eigenvalue weighted by Crippen LogP contribution is 2.31. The second-order valence-corrected chi connectivity index (χ2v) is 6.44. The number of ether oxygens (including phenoxy) is 1. The van der Waals surface area contributed by atoms with Crippen LogP contribution in [0.1, 0.15) is 13.8 Å². The molecule has 146 valence electrons. The number of anilines is 1. The smallest absolute Gasteiger partial charge is 0.232 e. The normalized spacial score (nSPS) is 10.9. The van der Waals surface area contributed by atoms with Crippen molar-refractivity contribution in [3.05, 3.63) is 48.0 Å². The Kier molecular flexibility index (Phi) is 5.05. The van der Waals surface area contributed by atoms with Crippen LogP contribution in [0, 0.1) is 0 Å². The van der Waals surface area contributed by atoms with Crippen molar-refractivity contribution in [1.29, 1.82) is 0 Å². The summed E-state index contributed by atoms with van der Waals surface area (Å²) in [6.45, 7) is 3.82. The van der Waals surface area contributed by atoms with E-state index in [1.807, 2.05) is 25.1 Å². The van der Waals surface area contributed by atoms with Gasteiger partial charge >= 0.3 is 0 Å². The standard InChI is InChI=1S/C19H16ClN7O2/c1-3-29-16-7-4-12(8-13(16)20)14-5-6-15-17(24-14)18(27-10-21-9-22-27)26-19(25-15)23-11(2)28/h4-10H,3H2,1-2H3,(H,23,25,26,28). The number of hydrogen-bond acceptors (Lipinski definition) is 7. The van der Waals surface area contributed by atoms with Crippen molar-refractivity contribution in [3.63, 3.8) is 0 Å². The van der Waals surface area contributed by atoms with Crippen molar-refractivity contribution in [3.8, 4) is 22.8 Å². The van der Waals surface area contributed by atoms with Crippen LogP contribution < -0.4 is 10.1 Å². The number of benzene rings is 1. The molecule has 0 aliphatic heterocycles. The molecule has 0 spiro atoms. The monoisotopic (exact) mass is 409 g/mol. The van der Waals surface area contributed by atoms with E-state index in [4.69, 9.17) is 21.3 Å². The van der Waals surface area contributed by atoms with Crippen LogP contribution in [-0.2, 0) is 4.79 Å². The van der Waals surface area contributed by atoms with E-state index in [0.29, 0.717) is 39.9 Å². The average molecular weight is 410 g/mol. The van der Waals surface area contributed by atoms with Crippen LogP contribution in [0.2, 0.25) is 5.02 Å². The van der Waals surface area contributed by atoms with Crippen molar-refractivity contribution in [2.75, 3.05) is 11.9 Å². The fourth-order valence-corrected chi connectivity index (χ4v) is 3.02. The highest BCUT2D eigenvalue weighted by Gasteiger charge is 2.14. The molecule has 0 bridgehead atoms. The number of carbonyl (C=O) groups excluding carboxylic acids is 1. The fourth-order valence-electron chi connectivity index (χ4n) is 2.78. The Morgan fingerprint density at radius 3 is 2.76 bits per heavy atom. The number of halogens is 1. The third-order valence-electron chi connectivity index (χ3n) is 3.97. The number of nitrogens with one attached hydrogen (secondary N) is 1. The van der Waals surface area contributed by atoms with E-state index in [2.05, 4.69) is 25.4 Å². The zero-order valence-corrected chi connectivity index (χ0v) is 16.4. The van der Waals surface area contributed by atoms with Gasteiger partial charge in [-0.3, -0.25) is 10.1 Å². The maximum atomic E-state index is 11.4. The second-order valence-electron chi connectivity index (χ2n) is 6.03. The predicted octanol–water partition coefficient (Wildman–Crippen LogP) is 3.28. The van der Waals surface area contributed by atoms with E-state index in [1.165, 1.54) is 24.3 Å². The van der Waals surface area contributed by atoms with Crippen LogP contribution in [0.3, 0.4) is 0 Å². The molecule has 0 aliphatic rings. The number of nitrogens with zero attached hydrogens (tertiary/aromatic N) is 6. The summed E-state index contributed by atoms with van der Waals surface area (Å²) in [6.07, 6.45) is 2.89. The zero-order chi connectivity index (χ0) is 20.4. The first-order valence-corrected chi connectivity index (χ1v) is 9.17. The first kappa shape index (κ1) is 18.8. The molecule has 4 aromatic rings. The van der Waals surface area contributed by atoms with Crippen LogP contribution in [0.15, 0.2) is 43.0 Å². The Balaban J connectivity index is 1.86. The number of fused-ring (bicyclic) bond motifs is 1. The summed E-state index contributed by atoms with van der Waals surface area (Å²) in [4.78, 5) is 28.8. The first-order chi connectivity index (χ1) is 14.0. The van der Waals surface area contributed by atoms with Crippen molar-refractivity contribution in [1.82, 2.24) is 29.7 Å². The number of amides is 1. The molecule has 1 amide bonds. The molecule has 4 rings (SSSR count). The number of aromatic nitrogens is 6. The van der Waals surface area contributed by atoms with Gasteiger partial charge in [0.05, 0.1) is 22.8 Å². The Bertz CT molecular complexity index is 1190. The molecule has 0 radical (unpaired) electrons. The molecule has 0 aliphatic carbocycles. The van der Waals surface area contributed by atoms with Gasteiger partial charge in [0.15, 0.2) is 5.82 Å². The molecular formula is C19H16ClN7O2. The Morgan fingerprint density at radius 2 is 2.07 bits per heavy atom. The van der Waals surface area contributed by atoms with Gasteiger partial charge in [0.1, 0.15) is 23.9 Å². The lowest BCUT2D eigenvalue weighted by molar-refractivity contribution is -0.114. The summed E-state index contributed by atoms with van der Waals surface area (Å²) >= 11 is 6.32. The molecule has 29 heavy (non-hydrogen) atoms. The van der Waals surface area contributed by atoms with Crippen LogP contribution in [-0.4, -0.2) is 42.2 Å². The van der Waals surface area contributed by atoms with Crippen LogP contribution >= 0.6 is 11.6 Å². The van der Waals surface area contributed by atoms with Crippen molar-refractivity contribution >= 4 is 34.5 Å². The summed E-state index contributed by atoms with van der Waals surface area (Å²) < 4.78 is 6.95. The lowest BCUT2D eigenvalue weighted by Crippen LogP contribution is -2.12. The molecule has 10 heteroatoms. The minimum atomic E-state index is -0.275. The maximum Gasteiger partial charge on any atom is 0.232 e. The SMILES string of the molecule is CCOc1ccc(-c2ccc3nc(NC(C)=O)nc(-n4cncn4)c3n2)cc1Cl. The van der Waals surface area contributed by atoms with E-state index < -0.39 is 0 Å². The van der Waals surface area contributed by atoms with Crippen molar-refractivity contribution in [2.45, 2.75) is 13.8 Å². The molecule has 0 saturated carbocycles. The highest BCUT2D eigenvalue weighted by atomic mass is 35.5. The van der Waals surface area contributed by atoms with Crippen molar-refractivity contribution < 1.29 is 9.53 Å². The Labute approximate surface area is 170 Å². The number of hydrogen-bond donors (Lipinski definition) is 1. The lowest BCUT2D eigenvalue weighted by Gasteiger charge is -2.10. The Morgan fingerprint density at radius 1 is 1.21 bits per heavy atom. The van der Waals surface area contributed by atoms with Gasteiger partial charge in [-0.15, -0.1) is 0 Å². The second kappa shape index (κ2) is 7.80. The maximum absolute atomic E-state index is 11.4. The van der Waals surface area contributed by atoms with Gasteiger partial charge in [-0.25, -0.2) is 19.6 Å². The summed E-state index contributed by atoms with van der Waals surface area (Å²) in [5.41, 5.74) is 2.55. The van der Waals surface area contributed by atoms with Gasteiger partial charge < -0.3 is 4.74 Å². The lowest BCUT2D eigenvalue weighted by atomic mass is 10.1. The molecule has 0 fully saturated rings. The first-order valence-electron chi connectivity index (χ1n) is 8.79. The van der Waals surface area contributed by atoms with Gasteiger partial charge in [-0.05, 0) is 37.3 Å². The molecule has 0 unspecified atom stereocenters. The molecule has 0 atom stereocenters. The third-order valence-corrected chi connectivity index (χ3v) is 4.27. The van der Waals surface area contributed by atoms with E-state index in [0.717, 1.165) is 5.56 Å². The van der Waals surface area contributed by atoms with Crippen molar-refractivity contribution in [2.24, 2.45) is 0 Å². The summed E-state index contributed by atoms with van der Waals surface area (Å²) in [7, 11) is 0. The summed E-state index contributed by atoms with van der Waals surface area (Å²) in [5, 5.41) is 7.22. The Hall–Kier alpha value is -3.59. The minimum absolute atomic E-state index is 0.161. The number of rotatable bonds is 5. The van der Waals surface area contributed by atoms with Crippen LogP contribution in [0.25, 0.3) is 28.1 Å². The topological polar surface area (TPSA) is 108 Å². The number of carbonyl (C=O) groups is 1.